The summed E-state index contributed by atoms with van der Waals surface area (Å²) in [5.74, 6) is -0.469. The van der Waals surface area contributed by atoms with E-state index in [1.54, 1.807) is 19.2 Å². The van der Waals surface area contributed by atoms with Gasteiger partial charge in [-0.1, -0.05) is 49.0 Å². The van der Waals surface area contributed by atoms with Gasteiger partial charge in [-0.3, -0.25) is 4.79 Å². The number of amides is 1. The predicted molar refractivity (Wildman–Crippen MR) is 82.3 cm³/mol. The lowest BCUT2D eigenvalue weighted by atomic mass is 10.1. The van der Waals surface area contributed by atoms with Crippen molar-refractivity contribution in [3.05, 3.63) is 78.1 Å². The number of hydrogen-bond donors (Lipinski definition) is 0. The van der Waals surface area contributed by atoms with Crippen LogP contribution in [0.25, 0.3) is 5.70 Å². The summed E-state index contributed by atoms with van der Waals surface area (Å²) in [4.78, 5) is 13.9. The number of epoxide rings is 1. The predicted octanol–water partition coefficient (Wildman–Crippen LogP) is 3.39. The summed E-state index contributed by atoms with van der Waals surface area (Å²) in [5, 5.41) is 0. The minimum atomic E-state index is -0.482. The standard InChI is InChI=1S/C18H16FNO2/c1-12(13-8-10-15(19)11-9-13)20(2)18(21)17-16(22-17)14-6-4-3-5-7-14/h3-11,16-17H,1H2,2H3/t16-,17+/m0/s1. The quantitative estimate of drug-likeness (QED) is 0.810. The first-order valence-corrected chi connectivity index (χ1v) is 7.01. The molecule has 3 nitrogen and oxygen atoms in total. The third kappa shape index (κ3) is 2.78. The Kier molecular flexibility index (Phi) is 3.77. The fourth-order valence-electron chi connectivity index (χ4n) is 2.36. The van der Waals surface area contributed by atoms with Crippen LogP contribution in [-0.4, -0.2) is 24.0 Å². The van der Waals surface area contributed by atoms with E-state index in [0.717, 1.165) is 5.56 Å². The number of halogens is 1. The molecule has 2 aromatic carbocycles. The summed E-state index contributed by atoms with van der Waals surface area (Å²) < 4.78 is 18.5. The van der Waals surface area contributed by atoms with E-state index in [-0.39, 0.29) is 17.8 Å². The normalized spacial score (nSPS) is 19.5. The van der Waals surface area contributed by atoms with E-state index < -0.39 is 6.10 Å². The average molecular weight is 297 g/mol. The molecule has 0 bridgehead atoms. The van der Waals surface area contributed by atoms with E-state index in [0.29, 0.717) is 11.3 Å². The van der Waals surface area contributed by atoms with Crippen LogP contribution >= 0.6 is 0 Å². The van der Waals surface area contributed by atoms with Crippen molar-refractivity contribution in [3.63, 3.8) is 0 Å². The Hall–Kier alpha value is -2.46. The molecule has 112 valence electrons. The summed E-state index contributed by atoms with van der Waals surface area (Å²) in [6.45, 7) is 3.91. The molecular formula is C18H16FNO2. The Morgan fingerprint density at radius 1 is 1.14 bits per heavy atom. The van der Waals surface area contributed by atoms with Crippen LogP contribution in [-0.2, 0) is 9.53 Å². The lowest BCUT2D eigenvalue weighted by molar-refractivity contribution is -0.128. The SMILES string of the molecule is C=C(c1ccc(F)cc1)N(C)C(=O)[C@@H]1O[C@H]1c1ccccc1. The Morgan fingerprint density at radius 3 is 2.41 bits per heavy atom. The molecule has 0 N–H and O–H groups in total. The molecule has 1 fully saturated rings. The number of hydrogen-bond acceptors (Lipinski definition) is 2. The summed E-state index contributed by atoms with van der Waals surface area (Å²) in [5.41, 5.74) is 2.21. The van der Waals surface area contributed by atoms with Gasteiger partial charge in [-0.25, -0.2) is 4.39 Å². The van der Waals surface area contributed by atoms with Crippen LogP contribution in [0.5, 0.6) is 0 Å². The topological polar surface area (TPSA) is 32.8 Å². The third-order valence-corrected chi connectivity index (χ3v) is 3.78. The molecule has 1 saturated heterocycles. The zero-order valence-electron chi connectivity index (χ0n) is 12.2. The van der Waals surface area contributed by atoms with Crippen molar-refractivity contribution in [1.82, 2.24) is 4.90 Å². The third-order valence-electron chi connectivity index (χ3n) is 3.78. The molecule has 0 aliphatic carbocycles. The number of nitrogens with zero attached hydrogens (tertiary/aromatic N) is 1. The van der Waals surface area contributed by atoms with E-state index >= 15 is 0 Å². The number of carbonyl (C=O) groups is 1. The molecule has 0 radical (unpaired) electrons. The highest BCUT2D eigenvalue weighted by Crippen LogP contribution is 2.40. The maximum Gasteiger partial charge on any atom is 0.258 e. The van der Waals surface area contributed by atoms with E-state index in [1.807, 2.05) is 30.3 Å². The Morgan fingerprint density at radius 2 is 1.77 bits per heavy atom. The fourth-order valence-corrected chi connectivity index (χ4v) is 2.36. The second kappa shape index (κ2) is 5.73. The van der Waals surface area contributed by atoms with Gasteiger partial charge in [0.1, 0.15) is 11.9 Å². The largest absolute Gasteiger partial charge is 0.354 e. The smallest absolute Gasteiger partial charge is 0.258 e. The van der Waals surface area contributed by atoms with Gasteiger partial charge in [0, 0.05) is 12.7 Å². The Balaban J connectivity index is 1.68. The number of carbonyl (C=O) groups excluding carboxylic acids is 1. The van der Waals surface area contributed by atoms with Gasteiger partial charge >= 0.3 is 0 Å². The summed E-state index contributed by atoms with van der Waals surface area (Å²) >= 11 is 0. The van der Waals surface area contributed by atoms with Gasteiger partial charge < -0.3 is 9.64 Å². The van der Waals surface area contributed by atoms with Crippen LogP contribution in [0.15, 0.2) is 61.2 Å². The van der Waals surface area contributed by atoms with Crippen molar-refractivity contribution in [1.29, 1.82) is 0 Å². The maximum absolute atomic E-state index is 13.0. The molecular weight excluding hydrogens is 281 g/mol. The van der Waals surface area contributed by atoms with E-state index in [2.05, 4.69) is 6.58 Å². The van der Waals surface area contributed by atoms with E-state index in [4.69, 9.17) is 4.74 Å². The molecule has 0 spiro atoms. The van der Waals surface area contributed by atoms with Gasteiger partial charge in [-0.15, -0.1) is 0 Å². The van der Waals surface area contributed by atoms with Crippen molar-refractivity contribution < 1.29 is 13.9 Å². The lowest BCUT2D eigenvalue weighted by Gasteiger charge is -2.19. The van der Waals surface area contributed by atoms with E-state index in [1.165, 1.54) is 17.0 Å². The highest BCUT2D eigenvalue weighted by Gasteiger charge is 2.47. The summed E-state index contributed by atoms with van der Waals surface area (Å²) in [7, 11) is 1.65. The maximum atomic E-state index is 13.0. The Bertz CT molecular complexity index is 697. The molecule has 0 unspecified atom stereocenters. The van der Waals surface area contributed by atoms with Gasteiger partial charge in [0.25, 0.3) is 5.91 Å². The summed E-state index contributed by atoms with van der Waals surface area (Å²) in [6.07, 6.45) is -0.679. The molecule has 0 saturated carbocycles. The zero-order chi connectivity index (χ0) is 15.7. The second-order valence-electron chi connectivity index (χ2n) is 5.24. The van der Waals surface area contributed by atoms with Crippen molar-refractivity contribution in [3.8, 4) is 0 Å². The number of rotatable bonds is 4. The molecule has 3 rings (SSSR count). The minimum absolute atomic E-state index is 0.150. The number of likely N-dealkylation sites (N-methyl/N-ethyl adjacent to an activating group) is 1. The van der Waals surface area contributed by atoms with Crippen LogP contribution in [0.2, 0.25) is 0 Å². The molecule has 2 aromatic rings. The molecule has 1 heterocycles. The van der Waals surface area contributed by atoms with Crippen LogP contribution in [0.4, 0.5) is 4.39 Å². The highest BCUT2D eigenvalue weighted by atomic mass is 19.1. The first-order valence-electron chi connectivity index (χ1n) is 7.01. The van der Waals surface area contributed by atoms with Crippen molar-refractivity contribution in [2.45, 2.75) is 12.2 Å². The van der Waals surface area contributed by atoms with Crippen LogP contribution in [0, 0.1) is 5.82 Å². The second-order valence-corrected chi connectivity index (χ2v) is 5.24. The van der Waals surface area contributed by atoms with Gasteiger partial charge in [0.2, 0.25) is 0 Å². The zero-order valence-corrected chi connectivity index (χ0v) is 12.2. The van der Waals surface area contributed by atoms with Gasteiger partial charge in [-0.2, -0.15) is 0 Å². The molecule has 1 aliphatic rings. The first kappa shape index (κ1) is 14.5. The minimum Gasteiger partial charge on any atom is -0.354 e. The molecule has 2 atom stereocenters. The van der Waals surface area contributed by atoms with Crippen molar-refractivity contribution in [2.75, 3.05) is 7.05 Å². The molecule has 22 heavy (non-hydrogen) atoms. The van der Waals surface area contributed by atoms with Gasteiger partial charge in [0.15, 0.2) is 6.10 Å². The fraction of sp³-hybridized carbons (Fsp3) is 0.167. The van der Waals surface area contributed by atoms with Crippen LogP contribution in [0.3, 0.4) is 0 Å². The lowest BCUT2D eigenvalue weighted by Crippen LogP contribution is -2.29. The Labute approximate surface area is 128 Å². The molecule has 0 aromatic heterocycles. The first-order chi connectivity index (χ1) is 10.6. The van der Waals surface area contributed by atoms with Crippen molar-refractivity contribution >= 4 is 11.6 Å². The number of benzene rings is 2. The average Bonchev–Trinajstić information content (AvgIpc) is 3.35. The monoisotopic (exact) mass is 297 g/mol. The number of ether oxygens (including phenoxy) is 1. The van der Waals surface area contributed by atoms with Crippen LogP contribution < -0.4 is 0 Å². The van der Waals surface area contributed by atoms with Gasteiger partial charge in [-0.05, 0) is 23.3 Å². The summed E-state index contributed by atoms with van der Waals surface area (Å²) in [6, 6.07) is 15.5. The molecule has 4 heteroatoms. The van der Waals surface area contributed by atoms with Gasteiger partial charge in [0.05, 0.1) is 0 Å². The molecule has 1 aliphatic heterocycles. The van der Waals surface area contributed by atoms with Crippen molar-refractivity contribution in [2.24, 2.45) is 0 Å². The van der Waals surface area contributed by atoms with Crippen LogP contribution in [0.1, 0.15) is 17.2 Å². The highest BCUT2D eigenvalue weighted by molar-refractivity contribution is 5.91. The van der Waals surface area contributed by atoms with E-state index in [9.17, 15) is 9.18 Å². The molecule has 1 amide bonds.